The fraction of sp³-hybridized carbons (Fsp3) is 1.00. The Morgan fingerprint density at radius 3 is 2.74 bits per heavy atom. The van der Waals surface area contributed by atoms with E-state index in [4.69, 9.17) is 19.4 Å². The highest BCUT2D eigenvalue weighted by Gasteiger charge is 2.41. The van der Waals surface area contributed by atoms with Crippen molar-refractivity contribution in [3.63, 3.8) is 0 Å². The quantitative estimate of drug-likeness (QED) is 0.333. The van der Waals surface area contributed by atoms with E-state index in [1.165, 1.54) is 12.0 Å². The molecule has 0 radical (unpaired) electrons. The third-order valence-electron chi connectivity index (χ3n) is 3.33. The SMILES string of the molecule is B[C@@H]1O[C@H](COSC)C(O)C1OCCCCCCN. The van der Waals surface area contributed by atoms with Gasteiger partial charge in [0.15, 0.2) is 0 Å². The molecule has 1 heterocycles. The first-order chi connectivity index (χ1) is 9.20. The van der Waals surface area contributed by atoms with E-state index in [0.717, 1.165) is 32.2 Å². The summed E-state index contributed by atoms with van der Waals surface area (Å²) >= 11 is 1.28. The normalized spacial score (nSPS) is 30.9. The van der Waals surface area contributed by atoms with Gasteiger partial charge in [0, 0.05) is 12.9 Å². The molecule has 5 nitrogen and oxygen atoms in total. The maximum atomic E-state index is 10.1. The van der Waals surface area contributed by atoms with Gasteiger partial charge in [-0.15, -0.1) is 0 Å². The van der Waals surface area contributed by atoms with Gasteiger partial charge in [-0.2, -0.15) is 0 Å². The van der Waals surface area contributed by atoms with Gasteiger partial charge in [0.05, 0.1) is 12.6 Å². The van der Waals surface area contributed by atoms with Crippen molar-refractivity contribution in [3.8, 4) is 0 Å². The molecule has 1 aliphatic heterocycles. The maximum Gasteiger partial charge on any atom is 0.142 e. The van der Waals surface area contributed by atoms with Crippen molar-refractivity contribution in [2.45, 2.75) is 50.0 Å². The molecular formula is C12H26BNO4S. The monoisotopic (exact) mass is 291 g/mol. The number of hydrogen-bond acceptors (Lipinski definition) is 6. The van der Waals surface area contributed by atoms with Gasteiger partial charge in [-0.05, 0) is 31.4 Å². The second-order valence-corrected chi connectivity index (χ2v) is 5.43. The van der Waals surface area contributed by atoms with Gasteiger partial charge >= 0.3 is 0 Å². The highest BCUT2D eigenvalue weighted by atomic mass is 32.2. The first-order valence-electron chi connectivity index (χ1n) is 7.01. The van der Waals surface area contributed by atoms with E-state index in [9.17, 15) is 5.11 Å². The van der Waals surface area contributed by atoms with Crippen molar-refractivity contribution in [1.82, 2.24) is 0 Å². The van der Waals surface area contributed by atoms with Crippen LogP contribution in [0.25, 0.3) is 0 Å². The fourth-order valence-corrected chi connectivity index (χ4v) is 2.52. The van der Waals surface area contributed by atoms with Gasteiger partial charge in [-0.3, -0.25) is 0 Å². The van der Waals surface area contributed by atoms with Gasteiger partial charge in [0.1, 0.15) is 26.2 Å². The summed E-state index contributed by atoms with van der Waals surface area (Å²) in [5.74, 6) is 0. The Bertz CT molecular complexity index is 238. The van der Waals surface area contributed by atoms with E-state index in [-0.39, 0.29) is 18.2 Å². The topological polar surface area (TPSA) is 73.9 Å². The summed E-state index contributed by atoms with van der Waals surface area (Å²) in [7, 11) is 1.93. The summed E-state index contributed by atoms with van der Waals surface area (Å²) in [5.41, 5.74) is 5.44. The second kappa shape index (κ2) is 10.0. The zero-order valence-electron chi connectivity index (χ0n) is 11.9. The third kappa shape index (κ3) is 6.02. The molecule has 7 heteroatoms. The van der Waals surface area contributed by atoms with E-state index in [0.29, 0.717) is 13.2 Å². The summed E-state index contributed by atoms with van der Waals surface area (Å²) in [4.78, 5) is 0. The molecule has 0 spiro atoms. The molecule has 0 amide bonds. The van der Waals surface area contributed by atoms with Crippen LogP contribution >= 0.6 is 12.0 Å². The van der Waals surface area contributed by atoms with Gasteiger partial charge in [-0.1, -0.05) is 12.8 Å². The van der Waals surface area contributed by atoms with Crippen LogP contribution in [-0.4, -0.2) is 63.3 Å². The van der Waals surface area contributed by atoms with Crippen LogP contribution < -0.4 is 5.73 Å². The standard InChI is InChI=1S/C12H26BNO4S/c1-19-17-8-9-10(15)11(12(13)18-9)16-7-5-3-2-4-6-14/h9-12,15H,2-8,13-14H2,1H3/t9-,10?,11?,12-/m1/s1. The van der Waals surface area contributed by atoms with Gasteiger partial charge < -0.3 is 24.5 Å². The van der Waals surface area contributed by atoms with Crippen LogP contribution in [0.1, 0.15) is 25.7 Å². The Balaban J connectivity index is 2.18. The average molecular weight is 291 g/mol. The minimum atomic E-state index is -0.605. The molecule has 19 heavy (non-hydrogen) atoms. The Kier molecular flexibility index (Phi) is 9.10. The first-order valence-corrected chi connectivity index (χ1v) is 8.16. The molecular weight excluding hydrogens is 265 g/mol. The van der Waals surface area contributed by atoms with Crippen LogP contribution in [-0.2, 0) is 13.7 Å². The number of rotatable bonds is 10. The summed E-state index contributed by atoms with van der Waals surface area (Å²) in [5, 5.41) is 10.1. The maximum absolute atomic E-state index is 10.1. The smallest absolute Gasteiger partial charge is 0.142 e. The number of ether oxygens (including phenoxy) is 2. The Morgan fingerprint density at radius 1 is 1.32 bits per heavy atom. The lowest BCUT2D eigenvalue weighted by molar-refractivity contribution is -0.0266. The molecule has 0 saturated carbocycles. The van der Waals surface area contributed by atoms with Crippen molar-refractivity contribution in [2.75, 3.05) is 26.0 Å². The summed E-state index contributed by atoms with van der Waals surface area (Å²) in [6, 6.07) is -0.0884. The minimum Gasteiger partial charge on any atom is -0.388 e. The third-order valence-corrected chi connectivity index (χ3v) is 3.70. The minimum absolute atomic E-state index is 0.0884. The number of nitrogens with two attached hydrogens (primary N) is 1. The van der Waals surface area contributed by atoms with Crippen molar-refractivity contribution in [2.24, 2.45) is 5.73 Å². The Morgan fingerprint density at radius 2 is 2.05 bits per heavy atom. The van der Waals surface area contributed by atoms with Gasteiger partial charge in [-0.25, -0.2) is 0 Å². The van der Waals surface area contributed by atoms with Crippen LogP contribution in [0, 0.1) is 0 Å². The molecule has 2 unspecified atom stereocenters. The molecule has 0 aromatic rings. The molecule has 1 fully saturated rings. The van der Waals surface area contributed by atoms with E-state index >= 15 is 0 Å². The van der Waals surface area contributed by atoms with Crippen molar-refractivity contribution in [1.29, 1.82) is 0 Å². The van der Waals surface area contributed by atoms with Crippen LogP contribution in [0.3, 0.4) is 0 Å². The predicted molar refractivity (Wildman–Crippen MR) is 79.9 cm³/mol. The Hall–Kier alpha value is 0.215. The summed E-state index contributed by atoms with van der Waals surface area (Å²) in [6.45, 7) is 1.81. The lowest BCUT2D eigenvalue weighted by atomic mass is 9.93. The molecule has 112 valence electrons. The molecule has 1 saturated heterocycles. The van der Waals surface area contributed by atoms with E-state index in [2.05, 4.69) is 0 Å². The lowest BCUT2D eigenvalue weighted by Gasteiger charge is -2.19. The lowest BCUT2D eigenvalue weighted by Crippen LogP contribution is -2.36. The highest BCUT2D eigenvalue weighted by Crippen LogP contribution is 2.23. The largest absolute Gasteiger partial charge is 0.388 e. The summed E-state index contributed by atoms with van der Waals surface area (Å²) in [6.07, 6.45) is 5.04. The first kappa shape index (κ1) is 17.3. The molecule has 1 aliphatic rings. The molecule has 0 aliphatic carbocycles. The zero-order chi connectivity index (χ0) is 14.1. The summed E-state index contributed by atoms with van der Waals surface area (Å²) < 4.78 is 16.6. The molecule has 0 aromatic heterocycles. The fourth-order valence-electron chi connectivity index (χ4n) is 2.25. The molecule has 3 N–H and O–H groups in total. The molecule has 1 rings (SSSR count). The van der Waals surface area contributed by atoms with Crippen molar-refractivity contribution < 1.29 is 18.8 Å². The molecule has 4 atom stereocenters. The van der Waals surface area contributed by atoms with Crippen LogP contribution in [0.15, 0.2) is 0 Å². The van der Waals surface area contributed by atoms with Crippen molar-refractivity contribution >= 4 is 19.9 Å². The Labute approximate surface area is 121 Å². The average Bonchev–Trinajstić information content (AvgIpc) is 2.67. The second-order valence-electron chi connectivity index (χ2n) is 4.86. The van der Waals surface area contributed by atoms with Crippen LogP contribution in [0.4, 0.5) is 0 Å². The molecule has 0 aromatic carbocycles. The van der Waals surface area contributed by atoms with Crippen LogP contribution in [0.5, 0.6) is 0 Å². The van der Waals surface area contributed by atoms with Crippen molar-refractivity contribution in [3.05, 3.63) is 0 Å². The number of unbranched alkanes of at least 4 members (excludes halogenated alkanes) is 3. The number of aliphatic hydroxyl groups excluding tert-OH is 1. The zero-order valence-corrected chi connectivity index (χ0v) is 12.7. The predicted octanol–water partition coefficient (Wildman–Crippen LogP) is -0.0958. The number of aliphatic hydroxyl groups is 1. The van der Waals surface area contributed by atoms with Crippen LogP contribution in [0.2, 0.25) is 0 Å². The molecule has 0 bridgehead atoms. The van der Waals surface area contributed by atoms with Gasteiger partial charge in [0.25, 0.3) is 0 Å². The van der Waals surface area contributed by atoms with E-state index in [1.807, 2.05) is 14.1 Å². The van der Waals surface area contributed by atoms with Gasteiger partial charge in [0.2, 0.25) is 0 Å². The number of hydrogen-bond donors (Lipinski definition) is 2. The van der Waals surface area contributed by atoms with E-state index in [1.54, 1.807) is 0 Å². The highest BCUT2D eigenvalue weighted by molar-refractivity contribution is 7.93. The van der Waals surface area contributed by atoms with E-state index < -0.39 is 6.10 Å².